The van der Waals surface area contributed by atoms with E-state index < -0.39 is 0 Å². The molecule has 0 spiro atoms. The number of rotatable bonds is 1. The first-order valence-corrected chi connectivity index (χ1v) is 4.99. The largest absolute Gasteiger partial charge is 0.383 e. The molecule has 0 amide bonds. The van der Waals surface area contributed by atoms with Crippen LogP contribution in [0.3, 0.4) is 0 Å². The lowest BCUT2D eigenvalue weighted by atomic mass is 10.1. The van der Waals surface area contributed by atoms with Crippen molar-refractivity contribution in [2.45, 2.75) is 0 Å². The van der Waals surface area contributed by atoms with Crippen molar-refractivity contribution in [3.63, 3.8) is 0 Å². The van der Waals surface area contributed by atoms with Gasteiger partial charge >= 0.3 is 0 Å². The van der Waals surface area contributed by atoms with Gasteiger partial charge in [-0.25, -0.2) is 9.97 Å². The van der Waals surface area contributed by atoms with Gasteiger partial charge in [-0.3, -0.25) is 0 Å². The van der Waals surface area contributed by atoms with Crippen molar-refractivity contribution in [2.24, 2.45) is 0 Å². The standard InChI is InChI=1S/C12H10N4/c13-11-9-6-10(8-4-2-1-3-5-8)16-12(9)15-7-14-11/h1-7H,(H3,13,14,15,16). The van der Waals surface area contributed by atoms with Gasteiger partial charge in [-0.2, -0.15) is 0 Å². The molecule has 16 heavy (non-hydrogen) atoms. The number of aromatic nitrogens is 3. The SMILES string of the molecule is Nc1nc[nH]c2nc(-c3ccccc3)cc1-2. The normalized spacial score (nSPS) is 10.8. The van der Waals surface area contributed by atoms with E-state index in [9.17, 15) is 0 Å². The summed E-state index contributed by atoms with van der Waals surface area (Å²) in [7, 11) is 0. The molecule has 0 atom stereocenters. The van der Waals surface area contributed by atoms with Gasteiger partial charge in [-0.15, -0.1) is 0 Å². The van der Waals surface area contributed by atoms with E-state index in [4.69, 9.17) is 5.73 Å². The van der Waals surface area contributed by atoms with Gasteiger partial charge in [-0.05, 0) is 6.07 Å². The molecule has 0 saturated carbocycles. The van der Waals surface area contributed by atoms with Crippen molar-refractivity contribution in [1.29, 1.82) is 0 Å². The third-order valence-corrected chi connectivity index (χ3v) is 2.52. The van der Waals surface area contributed by atoms with Crippen molar-refractivity contribution in [3.05, 3.63) is 42.7 Å². The second-order valence-corrected chi connectivity index (χ2v) is 3.56. The molecule has 0 radical (unpaired) electrons. The number of anilines is 1. The summed E-state index contributed by atoms with van der Waals surface area (Å²) in [6, 6.07) is 11.9. The molecule has 0 saturated heterocycles. The van der Waals surface area contributed by atoms with Crippen LogP contribution in [0.1, 0.15) is 0 Å². The third-order valence-electron chi connectivity index (χ3n) is 2.52. The molecule has 0 aromatic heterocycles. The van der Waals surface area contributed by atoms with Gasteiger partial charge in [0.15, 0.2) is 0 Å². The fourth-order valence-corrected chi connectivity index (χ4v) is 1.71. The average molecular weight is 210 g/mol. The minimum absolute atomic E-state index is 0.503. The number of nitrogens with two attached hydrogens (primary N) is 1. The summed E-state index contributed by atoms with van der Waals surface area (Å²) < 4.78 is 0. The zero-order valence-corrected chi connectivity index (χ0v) is 8.51. The van der Waals surface area contributed by atoms with E-state index in [1.165, 1.54) is 0 Å². The van der Waals surface area contributed by atoms with E-state index in [0.29, 0.717) is 5.82 Å². The highest BCUT2D eigenvalue weighted by Gasteiger charge is 2.13. The Morgan fingerprint density at radius 3 is 2.69 bits per heavy atom. The summed E-state index contributed by atoms with van der Waals surface area (Å²) in [5, 5.41) is 0. The second kappa shape index (κ2) is 3.34. The second-order valence-electron chi connectivity index (χ2n) is 3.56. The van der Waals surface area contributed by atoms with Crippen molar-refractivity contribution in [2.75, 3.05) is 5.73 Å². The van der Waals surface area contributed by atoms with Crippen LogP contribution in [0.2, 0.25) is 0 Å². The topological polar surface area (TPSA) is 67.6 Å². The number of fused-ring (bicyclic) bond motifs is 1. The summed E-state index contributed by atoms with van der Waals surface area (Å²) in [5.41, 5.74) is 8.62. The van der Waals surface area contributed by atoms with E-state index in [-0.39, 0.29) is 0 Å². The maximum absolute atomic E-state index is 5.78. The first-order valence-electron chi connectivity index (χ1n) is 4.99. The molecule has 0 unspecified atom stereocenters. The Bertz CT molecular complexity index is 585. The van der Waals surface area contributed by atoms with Crippen molar-refractivity contribution in [1.82, 2.24) is 15.0 Å². The summed E-state index contributed by atoms with van der Waals surface area (Å²) >= 11 is 0. The Hall–Kier alpha value is -2.36. The lowest BCUT2D eigenvalue weighted by Gasteiger charge is -1.97. The molecule has 0 aliphatic carbocycles. The fourth-order valence-electron chi connectivity index (χ4n) is 1.71. The van der Waals surface area contributed by atoms with Crippen LogP contribution < -0.4 is 5.73 Å². The summed E-state index contributed by atoms with van der Waals surface area (Å²) in [6.45, 7) is 0. The predicted octanol–water partition coefficient (Wildman–Crippen LogP) is 2.16. The van der Waals surface area contributed by atoms with Crippen LogP contribution >= 0.6 is 0 Å². The first kappa shape index (κ1) is 8.91. The van der Waals surface area contributed by atoms with Gasteiger partial charge in [0.2, 0.25) is 0 Å². The molecule has 2 aliphatic heterocycles. The number of hydrogen-bond acceptors (Lipinski definition) is 3. The minimum Gasteiger partial charge on any atom is -0.383 e. The van der Waals surface area contributed by atoms with Gasteiger partial charge in [0.1, 0.15) is 11.6 Å². The monoisotopic (exact) mass is 210 g/mol. The summed E-state index contributed by atoms with van der Waals surface area (Å²) in [6.07, 6.45) is 1.56. The van der Waals surface area contributed by atoms with Crippen molar-refractivity contribution >= 4 is 5.82 Å². The van der Waals surface area contributed by atoms with E-state index in [1.54, 1.807) is 6.33 Å². The average Bonchev–Trinajstić information content (AvgIpc) is 2.76. The molecule has 1 aromatic rings. The molecule has 0 bridgehead atoms. The molecule has 3 rings (SSSR count). The lowest BCUT2D eigenvalue weighted by molar-refractivity contribution is 1.14. The molecule has 4 nitrogen and oxygen atoms in total. The highest BCUT2D eigenvalue weighted by molar-refractivity contribution is 5.77. The summed E-state index contributed by atoms with van der Waals surface area (Å²) in [4.78, 5) is 11.4. The van der Waals surface area contributed by atoms with E-state index >= 15 is 0 Å². The number of benzene rings is 1. The van der Waals surface area contributed by atoms with Crippen molar-refractivity contribution in [3.8, 4) is 22.6 Å². The van der Waals surface area contributed by atoms with Crippen LogP contribution in [0.4, 0.5) is 5.82 Å². The van der Waals surface area contributed by atoms with Gasteiger partial charge in [0.05, 0.1) is 17.6 Å². The van der Waals surface area contributed by atoms with Crippen LogP contribution in [-0.2, 0) is 0 Å². The van der Waals surface area contributed by atoms with Crippen LogP contribution in [0.15, 0.2) is 42.7 Å². The Morgan fingerprint density at radius 1 is 1.12 bits per heavy atom. The Labute approximate surface area is 92.5 Å². The smallest absolute Gasteiger partial charge is 0.142 e. The van der Waals surface area contributed by atoms with Gasteiger partial charge < -0.3 is 10.7 Å². The molecule has 2 aliphatic rings. The maximum Gasteiger partial charge on any atom is 0.142 e. The minimum atomic E-state index is 0.503. The van der Waals surface area contributed by atoms with Crippen LogP contribution in [-0.4, -0.2) is 15.0 Å². The molecular formula is C12H10N4. The molecule has 1 aromatic carbocycles. The fraction of sp³-hybridized carbons (Fsp3) is 0. The van der Waals surface area contributed by atoms with Gasteiger partial charge in [-0.1, -0.05) is 30.3 Å². The number of nitrogen functional groups attached to an aromatic ring is 1. The summed E-state index contributed by atoms with van der Waals surface area (Å²) in [5.74, 6) is 1.27. The third kappa shape index (κ3) is 1.32. The molecule has 2 heterocycles. The molecule has 0 fully saturated rings. The van der Waals surface area contributed by atoms with Crippen molar-refractivity contribution < 1.29 is 0 Å². The van der Waals surface area contributed by atoms with E-state index in [0.717, 1.165) is 22.6 Å². The van der Waals surface area contributed by atoms with Crippen LogP contribution in [0.5, 0.6) is 0 Å². The molecular weight excluding hydrogens is 200 g/mol. The Balaban J connectivity index is 2.21. The number of hydrogen-bond donors (Lipinski definition) is 2. The van der Waals surface area contributed by atoms with Crippen LogP contribution in [0, 0.1) is 0 Å². The Kier molecular flexibility index (Phi) is 1.86. The molecule has 3 N–H and O–H groups in total. The number of nitrogens with one attached hydrogen (secondary N) is 1. The Morgan fingerprint density at radius 2 is 1.94 bits per heavy atom. The zero-order chi connectivity index (χ0) is 11.0. The van der Waals surface area contributed by atoms with E-state index in [1.807, 2.05) is 36.4 Å². The quantitative estimate of drug-likeness (QED) is 0.646. The zero-order valence-electron chi connectivity index (χ0n) is 8.51. The highest BCUT2D eigenvalue weighted by Crippen LogP contribution is 2.29. The lowest BCUT2D eigenvalue weighted by Crippen LogP contribution is -1.95. The van der Waals surface area contributed by atoms with Crippen LogP contribution in [0.25, 0.3) is 22.6 Å². The van der Waals surface area contributed by atoms with E-state index in [2.05, 4.69) is 15.0 Å². The molecule has 4 heteroatoms. The highest BCUT2D eigenvalue weighted by atomic mass is 15.0. The number of H-pyrrole nitrogens is 1. The number of aromatic amines is 1. The number of nitrogens with zero attached hydrogens (tertiary/aromatic N) is 2. The van der Waals surface area contributed by atoms with Gasteiger partial charge in [0.25, 0.3) is 0 Å². The van der Waals surface area contributed by atoms with Gasteiger partial charge in [0, 0.05) is 5.56 Å². The first-order chi connectivity index (χ1) is 7.84. The maximum atomic E-state index is 5.78. The predicted molar refractivity (Wildman–Crippen MR) is 62.9 cm³/mol. The molecule has 78 valence electrons.